The molecule has 0 radical (unpaired) electrons. The summed E-state index contributed by atoms with van der Waals surface area (Å²) in [5.41, 5.74) is 1.31. The molecule has 43 heavy (non-hydrogen) atoms. The Balaban J connectivity index is 2.05. The van der Waals surface area contributed by atoms with Gasteiger partial charge in [-0.1, -0.05) is 26.0 Å². The Morgan fingerprint density at radius 2 is 1.84 bits per heavy atom. The number of nitrogens with zero attached hydrogens (tertiary/aromatic N) is 3. The number of benzene rings is 1. The molecule has 0 bridgehead atoms. The van der Waals surface area contributed by atoms with Crippen molar-refractivity contribution in [3.63, 3.8) is 0 Å². The van der Waals surface area contributed by atoms with Crippen molar-refractivity contribution in [3.8, 4) is 11.3 Å². The molecule has 0 spiro atoms. The van der Waals surface area contributed by atoms with Crippen molar-refractivity contribution in [1.82, 2.24) is 9.97 Å². The van der Waals surface area contributed by atoms with Crippen LogP contribution in [0.25, 0.3) is 17.3 Å². The van der Waals surface area contributed by atoms with Gasteiger partial charge in [-0.3, -0.25) is 9.59 Å². The van der Waals surface area contributed by atoms with Crippen molar-refractivity contribution < 1.29 is 36.6 Å². The Morgan fingerprint density at radius 3 is 2.40 bits per heavy atom. The van der Waals surface area contributed by atoms with E-state index in [1.807, 2.05) is 13.8 Å². The zero-order valence-corrected chi connectivity index (χ0v) is 26.7. The smallest absolute Gasteiger partial charge is 0.313 e. The summed E-state index contributed by atoms with van der Waals surface area (Å²) in [5, 5.41) is 0. The van der Waals surface area contributed by atoms with Crippen LogP contribution in [-0.4, -0.2) is 68.0 Å². The van der Waals surface area contributed by atoms with Crippen molar-refractivity contribution in [2.45, 2.75) is 90.6 Å². The Hall–Kier alpha value is -3.22. The van der Waals surface area contributed by atoms with Gasteiger partial charge in [0.1, 0.15) is 23.6 Å². The molecule has 0 saturated carbocycles. The molecule has 2 heterocycles. The summed E-state index contributed by atoms with van der Waals surface area (Å²) in [6.45, 7) is 9.56. The molecule has 236 valence electrons. The number of ether oxygens (including phenoxy) is 3. The van der Waals surface area contributed by atoms with E-state index in [4.69, 9.17) is 14.2 Å². The van der Waals surface area contributed by atoms with Crippen LogP contribution in [0.1, 0.15) is 83.9 Å². The van der Waals surface area contributed by atoms with E-state index < -0.39 is 46.2 Å². The second kappa shape index (κ2) is 14.5. The van der Waals surface area contributed by atoms with E-state index in [-0.39, 0.29) is 24.1 Å². The molecule has 2 aromatic rings. The minimum absolute atomic E-state index is 0.0291. The highest BCUT2D eigenvalue weighted by Gasteiger charge is 2.26. The summed E-state index contributed by atoms with van der Waals surface area (Å²) in [4.78, 5) is 34.4. The third-order valence-corrected chi connectivity index (χ3v) is 7.70. The molecule has 1 aromatic heterocycles. The maximum Gasteiger partial charge on any atom is 0.313 e. The standard InChI is InChI=1S/C31H42FN3O7S/c1-20(2)28-25(29(21-11-13-22(32)14-12-21)34-30(33-28)35(6)43(7,38)39)16-15-24(41-27-10-8-9-17-40-27)18-23(36)19-26(37)42-31(3,4)5/h11-16,20,24,27H,8-10,17-19H2,1-7H3/t24-,27?/m1/s1. The number of aromatic nitrogens is 2. The molecule has 3 rings (SSSR count). The first-order valence-corrected chi connectivity index (χ1v) is 16.2. The summed E-state index contributed by atoms with van der Waals surface area (Å²) in [6.07, 6.45) is 5.22. The van der Waals surface area contributed by atoms with Crippen LogP contribution in [0.2, 0.25) is 0 Å². The number of ketones is 1. The lowest BCUT2D eigenvalue weighted by Gasteiger charge is -2.26. The number of carbonyl (C=O) groups is 2. The van der Waals surface area contributed by atoms with E-state index in [0.717, 1.165) is 23.4 Å². The van der Waals surface area contributed by atoms with Crippen LogP contribution in [-0.2, 0) is 33.8 Å². The molecule has 1 aliphatic rings. The van der Waals surface area contributed by atoms with Gasteiger partial charge in [0.15, 0.2) is 6.29 Å². The highest BCUT2D eigenvalue weighted by molar-refractivity contribution is 7.92. The molecule has 0 N–H and O–H groups in total. The zero-order valence-electron chi connectivity index (χ0n) is 25.9. The lowest BCUT2D eigenvalue weighted by molar-refractivity contribution is -0.180. The molecular weight excluding hydrogens is 577 g/mol. The monoisotopic (exact) mass is 619 g/mol. The summed E-state index contributed by atoms with van der Waals surface area (Å²) in [6, 6.07) is 5.69. The predicted octanol–water partition coefficient (Wildman–Crippen LogP) is 5.42. The van der Waals surface area contributed by atoms with E-state index in [1.165, 1.54) is 19.2 Å². The van der Waals surface area contributed by atoms with Crippen molar-refractivity contribution in [1.29, 1.82) is 0 Å². The minimum atomic E-state index is -3.67. The van der Waals surface area contributed by atoms with E-state index >= 15 is 0 Å². The van der Waals surface area contributed by atoms with Crippen LogP contribution in [0, 0.1) is 5.82 Å². The second-order valence-electron chi connectivity index (χ2n) is 11.9. The molecule has 1 fully saturated rings. The largest absolute Gasteiger partial charge is 0.460 e. The van der Waals surface area contributed by atoms with Gasteiger partial charge < -0.3 is 14.2 Å². The summed E-state index contributed by atoms with van der Waals surface area (Å²) >= 11 is 0. The highest BCUT2D eigenvalue weighted by atomic mass is 32.2. The predicted molar refractivity (Wildman–Crippen MR) is 162 cm³/mol. The fourth-order valence-electron chi connectivity index (χ4n) is 4.41. The Bertz CT molecular complexity index is 1410. The topological polar surface area (TPSA) is 125 Å². The Labute approximate surface area is 253 Å². The summed E-state index contributed by atoms with van der Waals surface area (Å²) in [7, 11) is -2.31. The van der Waals surface area contributed by atoms with Gasteiger partial charge in [-0.25, -0.2) is 27.1 Å². The molecular formula is C31H42FN3O7S. The van der Waals surface area contributed by atoms with E-state index in [1.54, 1.807) is 45.1 Å². The normalized spacial score (nSPS) is 16.8. The van der Waals surface area contributed by atoms with Crippen LogP contribution >= 0.6 is 0 Å². The Kier molecular flexibility index (Phi) is 11.6. The molecule has 1 unspecified atom stereocenters. The quantitative estimate of drug-likeness (QED) is 0.226. The van der Waals surface area contributed by atoms with Gasteiger partial charge in [0.25, 0.3) is 0 Å². The van der Waals surface area contributed by atoms with Crippen LogP contribution in [0.4, 0.5) is 10.3 Å². The first-order valence-electron chi connectivity index (χ1n) is 14.3. The molecule has 0 amide bonds. The van der Waals surface area contributed by atoms with E-state index in [0.29, 0.717) is 35.5 Å². The maximum atomic E-state index is 13.8. The third-order valence-electron chi connectivity index (χ3n) is 6.54. The van der Waals surface area contributed by atoms with Gasteiger partial charge in [0, 0.05) is 31.2 Å². The molecule has 1 saturated heterocycles. The third kappa shape index (κ3) is 10.5. The van der Waals surface area contributed by atoms with Crippen molar-refractivity contribution in [3.05, 3.63) is 47.4 Å². The van der Waals surface area contributed by atoms with Crippen molar-refractivity contribution in [2.75, 3.05) is 24.2 Å². The number of hydrogen-bond donors (Lipinski definition) is 0. The van der Waals surface area contributed by atoms with Crippen LogP contribution in [0.15, 0.2) is 30.3 Å². The number of carbonyl (C=O) groups excluding carboxylic acids is 2. The van der Waals surface area contributed by atoms with Crippen LogP contribution < -0.4 is 4.31 Å². The minimum Gasteiger partial charge on any atom is -0.460 e. The van der Waals surface area contributed by atoms with E-state index in [2.05, 4.69) is 9.97 Å². The average Bonchev–Trinajstić information content (AvgIpc) is 2.90. The molecule has 12 heteroatoms. The molecule has 10 nitrogen and oxygen atoms in total. The number of rotatable bonds is 12. The second-order valence-corrected chi connectivity index (χ2v) is 13.9. The van der Waals surface area contributed by atoms with Gasteiger partial charge in [-0.05, 0) is 70.2 Å². The average molecular weight is 620 g/mol. The number of esters is 1. The van der Waals surface area contributed by atoms with Gasteiger partial charge in [0.2, 0.25) is 16.0 Å². The molecule has 1 aromatic carbocycles. The number of hydrogen-bond acceptors (Lipinski definition) is 9. The summed E-state index contributed by atoms with van der Waals surface area (Å²) in [5.74, 6) is -1.60. The number of anilines is 1. The number of sulfonamides is 1. The van der Waals surface area contributed by atoms with Crippen molar-refractivity contribution >= 4 is 33.8 Å². The van der Waals surface area contributed by atoms with Crippen LogP contribution in [0.3, 0.4) is 0 Å². The lowest BCUT2D eigenvalue weighted by atomic mass is 9.97. The van der Waals surface area contributed by atoms with Gasteiger partial charge in [-0.2, -0.15) is 0 Å². The summed E-state index contributed by atoms with van der Waals surface area (Å²) < 4.78 is 56.7. The zero-order chi connectivity index (χ0) is 31.9. The SMILES string of the molecule is CC(C)c1nc(N(C)S(C)(=O)=O)nc(-c2ccc(F)cc2)c1C=C[C@H](CC(=O)CC(=O)OC(C)(C)C)OC1CCCCO1. The van der Waals surface area contributed by atoms with Gasteiger partial charge in [-0.15, -0.1) is 0 Å². The molecule has 0 aliphatic carbocycles. The lowest BCUT2D eigenvalue weighted by Crippen LogP contribution is -2.30. The number of Topliss-reactive ketones (excluding diaryl/α,β-unsaturated/α-hetero) is 1. The first-order chi connectivity index (χ1) is 20.0. The number of halogens is 1. The van der Waals surface area contributed by atoms with E-state index in [9.17, 15) is 22.4 Å². The molecule has 1 aliphatic heterocycles. The highest BCUT2D eigenvalue weighted by Crippen LogP contribution is 2.32. The van der Waals surface area contributed by atoms with Gasteiger partial charge in [0.05, 0.1) is 23.7 Å². The maximum absolute atomic E-state index is 13.8. The van der Waals surface area contributed by atoms with Gasteiger partial charge >= 0.3 is 5.97 Å². The molecule has 2 atom stereocenters. The first kappa shape index (κ1) is 34.3. The fourth-order valence-corrected chi connectivity index (χ4v) is 4.79. The van der Waals surface area contributed by atoms with Crippen molar-refractivity contribution in [2.24, 2.45) is 0 Å². The Morgan fingerprint density at radius 1 is 1.16 bits per heavy atom. The fraction of sp³-hybridized carbons (Fsp3) is 0.548. The van der Waals surface area contributed by atoms with Crippen LogP contribution in [0.5, 0.6) is 0 Å².